The summed E-state index contributed by atoms with van der Waals surface area (Å²) in [4.78, 5) is 15.3. The van der Waals surface area contributed by atoms with Crippen molar-refractivity contribution in [2.75, 3.05) is 25.0 Å². The third-order valence-corrected chi connectivity index (χ3v) is 7.61. The van der Waals surface area contributed by atoms with Crippen molar-refractivity contribution in [1.82, 2.24) is 9.62 Å². The van der Waals surface area contributed by atoms with Crippen molar-refractivity contribution in [2.24, 2.45) is 0 Å². The average molecular weight is 448 g/mol. The molecule has 162 valence electrons. The molecule has 1 amide bonds. The molecule has 0 saturated carbocycles. The van der Waals surface area contributed by atoms with Crippen LogP contribution in [0.1, 0.15) is 32.3 Å². The number of carbonyl (C=O) groups excluding carboxylic acids is 1. The summed E-state index contributed by atoms with van der Waals surface area (Å²) in [6, 6.07) is 15.2. The molecule has 0 unspecified atom stereocenters. The van der Waals surface area contributed by atoms with E-state index in [4.69, 9.17) is 0 Å². The molecule has 6 nitrogen and oxygen atoms in total. The molecule has 3 rings (SSSR count). The zero-order chi connectivity index (χ0) is 21.6. The van der Waals surface area contributed by atoms with Crippen molar-refractivity contribution in [3.05, 3.63) is 54.1 Å². The van der Waals surface area contributed by atoms with Crippen LogP contribution in [0.3, 0.4) is 0 Å². The standard InChI is InChI=1S/C22H29N3O3S2/c1-3-25(16-18-8-5-4-6-9-18)13-7-12-23-30(27,28)19-10-11-21-20(15-19)24-22(26)14-17(2)29-21/h4-6,8-11,15,17,23H,3,7,12-14,16H2,1-2H3,(H,24,26)/t17-/m0/s1. The summed E-state index contributed by atoms with van der Waals surface area (Å²) in [6.45, 7) is 7.03. The molecule has 2 aromatic carbocycles. The first-order valence-electron chi connectivity index (χ1n) is 10.2. The molecule has 1 aliphatic rings. The van der Waals surface area contributed by atoms with Crippen LogP contribution in [0.4, 0.5) is 5.69 Å². The highest BCUT2D eigenvalue weighted by atomic mass is 32.2. The molecule has 0 bridgehead atoms. The maximum atomic E-state index is 12.7. The van der Waals surface area contributed by atoms with Gasteiger partial charge in [-0.15, -0.1) is 11.8 Å². The molecule has 0 spiro atoms. The smallest absolute Gasteiger partial charge is 0.240 e. The monoisotopic (exact) mass is 447 g/mol. The normalized spacial score (nSPS) is 16.8. The van der Waals surface area contributed by atoms with Crippen LogP contribution in [-0.2, 0) is 21.4 Å². The first-order valence-corrected chi connectivity index (χ1v) is 12.6. The maximum absolute atomic E-state index is 12.7. The van der Waals surface area contributed by atoms with Gasteiger partial charge in [-0.3, -0.25) is 9.69 Å². The molecule has 1 heterocycles. The lowest BCUT2D eigenvalue weighted by Gasteiger charge is -2.20. The van der Waals surface area contributed by atoms with Gasteiger partial charge in [-0.2, -0.15) is 0 Å². The summed E-state index contributed by atoms with van der Waals surface area (Å²) in [5.74, 6) is -0.0886. The molecule has 0 radical (unpaired) electrons. The van der Waals surface area contributed by atoms with Crippen LogP contribution in [0.2, 0.25) is 0 Å². The molecular weight excluding hydrogens is 418 g/mol. The van der Waals surface area contributed by atoms with Crippen LogP contribution in [0, 0.1) is 0 Å². The van der Waals surface area contributed by atoms with E-state index in [2.05, 4.69) is 34.0 Å². The van der Waals surface area contributed by atoms with E-state index in [-0.39, 0.29) is 16.1 Å². The van der Waals surface area contributed by atoms with Crippen molar-refractivity contribution in [1.29, 1.82) is 0 Å². The minimum atomic E-state index is -3.63. The van der Waals surface area contributed by atoms with Gasteiger partial charge in [-0.25, -0.2) is 13.1 Å². The molecule has 1 atom stereocenters. The lowest BCUT2D eigenvalue weighted by atomic mass is 10.2. The van der Waals surface area contributed by atoms with Crippen molar-refractivity contribution >= 4 is 33.4 Å². The number of benzene rings is 2. The fourth-order valence-electron chi connectivity index (χ4n) is 3.38. The van der Waals surface area contributed by atoms with Crippen LogP contribution in [0.25, 0.3) is 0 Å². The van der Waals surface area contributed by atoms with Crippen molar-refractivity contribution in [3.8, 4) is 0 Å². The van der Waals surface area contributed by atoms with E-state index in [1.807, 2.05) is 25.1 Å². The van der Waals surface area contributed by atoms with Gasteiger partial charge in [-0.1, -0.05) is 44.2 Å². The van der Waals surface area contributed by atoms with E-state index in [1.165, 1.54) is 5.56 Å². The number of nitrogens with one attached hydrogen (secondary N) is 2. The second-order valence-electron chi connectivity index (χ2n) is 7.44. The van der Waals surface area contributed by atoms with Crippen molar-refractivity contribution < 1.29 is 13.2 Å². The lowest BCUT2D eigenvalue weighted by molar-refractivity contribution is -0.116. The van der Waals surface area contributed by atoms with E-state index in [0.717, 1.165) is 31.0 Å². The molecule has 0 fully saturated rings. The fourth-order valence-corrected chi connectivity index (χ4v) is 5.53. The molecule has 0 aliphatic carbocycles. The highest BCUT2D eigenvalue weighted by molar-refractivity contribution is 8.00. The number of thioether (sulfide) groups is 1. The Morgan fingerprint density at radius 2 is 1.97 bits per heavy atom. The first kappa shape index (κ1) is 22.8. The summed E-state index contributed by atoms with van der Waals surface area (Å²) >= 11 is 1.58. The number of anilines is 1. The largest absolute Gasteiger partial charge is 0.325 e. The van der Waals surface area contributed by atoms with Gasteiger partial charge in [0, 0.05) is 29.7 Å². The molecule has 8 heteroatoms. The highest BCUT2D eigenvalue weighted by Gasteiger charge is 2.22. The number of sulfonamides is 1. The van der Waals surface area contributed by atoms with Crippen molar-refractivity contribution in [2.45, 2.75) is 48.3 Å². The number of carbonyl (C=O) groups is 1. The quantitative estimate of drug-likeness (QED) is 0.573. The summed E-state index contributed by atoms with van der Waals surface area (Å²) in [6.07, 6.45) is 1.13. The van der Waals surface area contributed by atoms with Crippen LogP contribution in [-0.4, -0.2) is 44.1 Å². The fraction of sp³-hybridized carbons (Fsp3) is 0.409. The zero-order valence-electron chi connectivity index (χ0n) is 17.4. The van der Waals surface area contributed by atoms with Crippen LogP contribution in [0.5, 0.6) is 0 Å². The molecule has 2 aromatic rings. The Bertz CT molecular complexity index is 965. The Balaban J connectivity index is 1.56. The van der Waals surface area contributed by atoms with Crippen LogP contribution in [0.15, 0.2) is 58.3 Å². The van der Waals surface area contributed by atoms with Crippen LogP contribution < -0.4 is 10.0 Å². The number of fused-ring (bicyclic) bond motifs is 1. The van der Waals surface area contributed by atoms with E-state index in [9.17, 15) is 13.2 Å². The van der Waals surface area contributed by atoms with Crippen molar-refractivity contribution in [3.63, 3.8) is 0 Å². The number of hydrogen-bond donors (Lipinski definition) is 2. The van der Waals surface area contributed by atoms with Crippen LogP contribution >= 0.6 is 11.8 Å². The van der Waals surface area contributed by atoms with Gasteiger partial charge in [0.1, 0.15) is 0 Å². The summed E-state index contributed by atoms with van der Waals surface area (Å²) in [5.41, 5.74) is 1.82. The van der Waals surface area contributed by atoms with E-state index in [0.29, 0.717) is 18.7 Å². The Kier molecular flexibility index (Phi) is 7.93. The SMILES string of the molecule is CCN(CCCNS(=O)(=O)c1ccc2c(c1)NC(=O)C[C@H](C)S2)Cc1ccccc1. The topological polar surface area (TPSA) is 78.5 Å². The van der Waals surface area contributed by atoms with E-state index >= 15 is 0 Å². The maximum Gasteiger partial charge on any atom is 0.240 e. The molecule has 2 N–H and O–H groups in total. The lowest BCUT2D eigenvalue weighted by Crippen LogP contribution is -2.30. The predicted octanol–water partition coefficient (Wildman–Crippen LogP) is 3.70. The highest BCUT2D eigenvalue weighted by Crippen LogP contribution is 2.36. The third kappa shape index (κ3) is 6.31. The molecular formula is C22H29N3O3S2. The molecule has 1 aliphatic heterocycles. The Morgan fingerprint density at radius 3 is 2.70 bits per heavy atom. The van der Waals surface area contributed by atoms with Gasteiger partial charge in [-0.05, 0) is 43.3 Å². The molecule has 30 heavy (non-hydrogen) atoms. The first-order chi connectivity index (χ1) is 14.4. The predicted molar refractivity (Wildman–Crippen MR) is 122 cm³/mol. The average Bonchev–Trinajstić information content (AvgIpc) is 2.86. The number of amides is 1. The van der Waals surface area contributed by atoms with Gasteiger partial charge in [0.25, 0.3) is 0 Å². The third-order valence-electron chi connectivity index (χ3n) is 4.98. The van der Waals surface area contributed by atoms with Gasteiger partial charge in [0.2, 0.25) is 15.9 Å². The van der Waals surface area contributed by atoms with Gasteiger partial charge >= 0.3 is 0 Å². The Hall–Kier alpha value is -1.87. The van der Waals surface area contributed by atoms with Gasteiger partial charge in [0.05, 0.1) is 10.6 Å². The number of hydrogen-bond acceptors (Lipinski definition) is 5. The molecule has 0 saturated heterocycles. The zero-order valence-corrected chi connectivity index (χ0v) is 19.1. The minimum Gasteiger partial charge on any atom is -0.325 e. The Morgan fingerprint density at radius 1 is 1.20 bits per heavy atom. The molecule has 0 aromatic heterocycles. The second kappa shape index (κ2) is 10.4. The van der Waals surface area contributed by atoms with E-state index in [1.54, 1.807) is 30.0 Å². The summed E-state index contributed by atoms with van der Waals surface area (Å²) < 4.78 is 28.1. The number of nitrogens with zero attached hydrogens (tertiary/aromatic N) is 1. The summed E-state index contributed by atoms with van der Waals surface area (Å²) in [5, 5.41) is 2.98. The number of rotatable bonds is 9. The van der Waals surface area contributed by atoms with Gasteiger partial charge < -0.3 is 5.32 Å². The second-order valence-corrected chi connectivity index (χ2v) is 10.7. The summed E-state index contributed by atoms with van der Waals surface area (Å²) in [7, 11) is -3.63. The minimum absolute atomic E-state index is 0.0886. The van der Waals surface area contributed by atoms with Gasteiger partial charge in [0.15, 0.2) is 0 Å². The Labute approximate surface area is 183 Å². The van der Waals surface area contributed by atoms with E-state index < -0.39 is 10.0 Å².